The van der Waals surface area contributed by atoms with Crippen LogP contribution < -0.4 is 0 Å². The summed E-state index contributed by atoms with van der Waals surface area (Å²) in [6.07, 6.45) is 5.67. The number of nitrogens with zero attached hydrogens (tertiary/aromatic N) is 1. The molecular formula is C11H23NO2. The number of aliphatic hydroxyl groups excluding tert-OH is 2. The van der Waals surface area contributed by atoms with Crippen molar-refractivity contribution >= 4 is 0 Å². The molecule has 1 heterocycles. The molecule has 1 fully saturated rings. The van der Waals surface area contributed by atoms with Gasteiger partial charge in [0.05, 0.1) is 12.7 Å². The molecular weight excluding hydrogens is 178 g/mol. The van der Waals surface area contributed by atoms with Crippen molar-refractivity contribution in [1.29, 1.82) is 0 Å². The van der Waals surface area contributed by atoms with Crippen molar-refractivity contribution in [3.63, 3.8) is 0 Å². The van der Waals surface area contributed by atoms with Gasteiger partial charge in [-0.05, 0) is 25.8 Å². The highest BCUT2D eigenvalue weighted by atomic mass is 16.3. The molecule has 0 aromatic heterocycles. The van der Waals surface area contributed by atoms with Gasteiger partial charge in [-0.25, -0.2) is 0 Å². The number of likely N-dealkylation sites (tertiary alicyclic amines) is 1. The van der Waals surface area contributed by atoms with Crippen molar-refractivity contribution in [3.8, 4) is 0 Å². The average Bonchev–Trinajstić information content (AvgIpc) is 2.21. The number of aliphatic hydroxyl groups is 2. The van der Waals surface area contributed by atoms with Crippen LogP contribution in [0.3, 0.4) is 0 Å². The highest BCUT2D eigenvalue weighted by Crippen LogP contribution is 2.20. The Balaban J connectivity index is 2.37. The van der Waals surface area contributed by atoms with E-state index in [0.29, 0.717) is 12.6 Å². The summed E-state index contributed by atoms with van der Waals surface area (Å²) in [5.41, 5.74) is 0. The lowest BCUT2D eigenvalue weighted by Gasteiger charge is -2.36. The van der Waals surface area contributed by atoms with Crippen molar-refractivity contribution in [1.82, 2.24) is 4.90 Å². The summed E-state index contributed by atoms with van der Waals surface area (Å²) in [6, 6.07) is 0.634. The summed E-state index contributed by atoms with van der Waals surface area (Å²) in [5.74, 6) is 0. The van der Waals surface area contributed by atoms with Gasteiger partial charge in [-0.1, -0.05) is 19.8 Å². The van der Waals surface area contributed by atoms with E-state index in [1.165, 1.54) is 32.1 Å². The van der Waals surface area contributed by atoms with Crippen LogP contribution in [0.15, 0.2) is 0 Å². The lowest BCUT2D eigenvalue weighted by atomic mass is 9.98. The van der Waals surface area contributed by atoms with Crippen LogP contribution in [0.4, 0.5) is 0 Å². The van der Waals surface area contributed by atoms with E-state index in [2.05, 4.69) is 11.8 Å². The molecule has 3 heteroatoms. The molecule has 0 saturated carbocycles. The molecule has 1 aliphatic heterocycles. The molecule has 0 aromatic rings. The second-order valence-electron chi connectivity index (χ2n) is 4.27. The quantitative estimate of drug-likeness (QED) is 0.697. The fourth-order valence-electron chi connectivity index (χ4n) is 2.29. The fraction of sp³-hybridized carbons (Fsp3) is 1.00. The van der Waals surface area contributed by atoms with Gasteiger partial charge in [-0.15, -0.1) is 0 Å². The summed E-state index contributed by atoms with van der Waals surface area (Å²) in [7, 11) is 0. The number of β-amino-alcohol motifs (C(OH)–C–C–N with tert-alkyl or cyclic N) is 1. The second-order valence-corrected chi connectivity index (χ2v) is 4.27. The molecule has 3 nitrogen and oxygen atoms in total. The van der Waals surface area contributed by atoms with E-state index in [1.54, 1.807) is 0 Å². The van der Waals surface area contributed by atoms with Crippen molar-refractivity contribution in [2.75, 3.05) is 19.7 Å². The Labute approximate surface area is 86.7 Å². The summed E-state index contributed by atoms with van der Waals surface area (Å²) in [5, 5.41) is 18.2. The van der Waals surface area contributed by atoms with E-state index < -0.39 is 6.10 Å². The van der Waals surface area contributed by atoms with Crippen LogP contribution in [0.1, 0.15) is 39.0 Å². The van der Waals surface area contributed by atoms with Gasteiger partial charge in [-0.2, -0.15) is 0 Å². The van der Waals surface area contributed by atoms with E-state index in [4.69, 9.17) is 5.11 Å². The first-order chi connectivity index (χ1) is 6.77. The largest absolute Gasteiger partial charge is 0.394 e. The zero-order valence-electron chi connectivity index (χ0n) is 9.15. The Morgan fingerprint density at radius 2 is 2.21 bits per heavy atom. The second kappa shape index (κ2) is 6.38. The minimum absolute atomic E-state index is 0.116. The van der Waals surface area contributed by atoms with Gasteiger partial charge >= 0.3 is 0 Å². The van der Waals surface area contributed by atoms with Crippen molar-refractivity contribution in [2.45, 2.75) is 51.2 Å². The van der Waals surface area contributed by atoms with Gasteiger partial charge in [-0.3, -0.25) is 4.90 Å². The van der Waals surface area contributed by atoms with E-state index in [9.17, 15) is 5.11 Å². The lowest BCUT2D eigenvalue weighted by Crippen LogP contribution is -2.44. The molecule has 1 rings (SSSR count). The predicted molar refractivity (Wildman–Crippen MR) is 57.2 cm³/mol. The van der Waals surface area contributed by atoms with E-state index in [0.717, 1.165) is 6.54 Å². The molecule has 0 spiro atoms. The van der Waals surface area contributed by atoms with E-state index in [-0.39, 0.29) is 6.61 Å². The maximum Gasteiger partial charge on any atom is 0.0897 e. The Hall–Kier alpha value is -0.120. The molecule has 1 aliphatic rings. The normalized spacial score (nSPS) is 26.4. The lowest BCUT2D eigenvalue weighted by molar-refractivity contribution is 0.0311. The minimum Gasteiger partial charge on any atom is -0.394 e. The SMILES string of the molecule is CCCC1CCCCN1CC(O)CO. The summed E-state index contributed by atoms with van der Waals surface area (Å²) < 4.78 is 0. The summed E-state index contributed by atoms with van der Waals surface area (Å²) >= 11 is 0. The van der Waals surface area contributed by atoms with Gasteiger partial charge in [0.15, 0.2) is 0 Å². The van der Waals surface area contributed by atoms with Crippen LogP contribution in [0.5, 0.6) is 0 Å². The van der Waals surface area contributed by atoms with Crippen molar-refractivity contribution < 1.29 is 10.2 Å². The van der Waals surface area contributed by atoms with Crippen LogP contribution in [0.2, 0.25) is 0 Å². The third kappa shape index (κ3) is 3.56. The topological polar surface area (TPSA) is 43.7 Å². The Morgan fingerprint density at radius 3 is 2.86 bits per heavy atom. The van der Waals surface area contributed by atoms with Crippen LogP contribution in [0.25, 0.3) is 0 Å². The smallest absolute Gasteiger partial charge is 0.0897 e. The number of hydrogen-bond acceptors (Lipinski definition) is 3. The van der Waals surface area contributed by atoms with Crippen LogP contribution in [-0.2, 0) is 0 Å². The maximum absolute atomic E-state index is 9.40. The standard InChI is InChI=1S/C11H23NO2/c1-2-5-10-6-3-4-7-12(10)8-11(14)9-13/h10-11,13-14H,2-9H2,1H3. The summed E-state index contributed by atoms with van der Waals surface area (Å²) in [4.78, 5) is 2.34. The summed E-state index contributed by atoms with van der Waals surface area (Å²) in [6.45, 7) is 3.81. The molecule has 2 N–H and O–H groups in total. The molecule has 2 unspecified atom stereocenters. The molecule has 0 aliphatic carbocycles. The van der Waals surface area contributed by atoms with Crippen molar-refractivity contribution in [3.05, 3.63) is 0 Å². The minimum atomic E-state index is -0.563. The molecule has 14 heavy (non-hydrogen) atoms. The molecule has 0 amide bonds. The average molecular weight is 201 g/mol. The van der Waals surface area contributed by atoms with Gasteiger partial charge in [0.2, 0.25) is 0 Å². The third-order valence-corrected chi connectivity index (χ3v) is 3.03. The predicted octanol–water partition coefficient (Wildman–Crippen LogP) is 0.994. The van der Waals surface area contributed by atoms with Gasteiger partial charge in [0, 0.05) is 12.6 Å². The van der Waals surface area contributed by atoms with Gasteiger partial charge in [0.25, 0.3) is 0 Å². The maximum atomic E-state index is 9.40. The number of hydrogen-bond donors (Lipinski definition) is 2. The first-order valence-electron chi connectivity index (χ1n) is 5.81. The number of piperidine rings is 1. The highest BCUT2D eigenvalue weighted by molar-refractivity contribution is 4.78. The molecule has 1 saturated heterocycles. The first-order valence-corrected chi connectivity index (χ1v) is 5.81. The monoisotopic (exact) mass is 201 g/mol. The van der Waals surface area contributed by atoms with Gasteiger partial charge in [0.1, 0.15) is 0 Å². The first kappa shape index (κ1) is 12.0. The zero-order valence-corrected chi connectivity index (χ0v) is 9.15. The van der Waals surface area contributed by atoms with E-state index in [1.807, 2.05) is 0 Å². The molecule has 2 atom stereocenters. The van der Waals surface area contributed by atoms with Crippen LogP contribution in [-0.4, -0.2) is 47.0 Å². The van der Waals surface area contributed by atoms with Gasteiger partial charge < -0.3 is 10.2 Å². The third-order valence-electron chi connectivity index (χ3n) is 3.03. The molecule has 0 aromatic carbocycles. The van der Waals surface area contributed by atoms with Crippen molar-refractivity contribution in [2.24, 2.45) is 0 Å². The van der Waals surface area contributed by atoms with Crippen LogP contribution >= 0.6 is 0 Å². The van der Waals surface area contributed by atoms with E-state index >= 15 is 0 Å². The Bertz CT molecular complexity index is 150. The molecule has 0 radical (unpaired) electrons. The highest BCUT2D eigenvalue weighted by Gasteiger charge is 2.22. The Kier molecular flexibility index (Phi) is 5.45. The molecule has 84 valence electrons. The van der Waals surface area contributed by atoms with Crippen LogP contribution in [0, 0.1) is 0 Å². The fourth-order valence-corrected chi connectivity index (χ4v) is 2.29. The Morgan fingerprint density at radius 1 is 1.43 bits per heavy atom. The number of rotatable bonds is 5. The molecule has 0 bridgehead atoms. The zero-order chi connectivity index (χ0) is 10.4.